The molecule has 5 nitrogen and oxygen atoms in total. The molecule has 0 saturated carbocycles. The van der Waals surface area contributed by atoms with Crippen molar-refractivity contribution in [1.29, 1.82) is 0 Å². The molecule has 0 bridgehead atoms. The van der Waals surface area contributed by atoms with Gasteiger partial charge in [0.15, 0.2) is 5.90 Å². The maximum absolute atomic E-state index is 11.5. The number of carbonyl (C=O) groups is 1. The van der Waals surface area contributed by atoms with Crippen LogP contribution in [0.1, 0.15) is 27.0 Å². The molecule has 0 radical (unpaired) electrons. The van der Waals surface area contributed by atoms with Gasteiger partial charge in [-0.2, -0.15) is 0 Å². The lowest BCUT2D eigenvalue weighted by Gasteiger charge is -2.10. The van der Waals surface area contributed by atoms with E-state index in [0.717, 1.165) is 44.4 Å². The number of carboxylic acids is 1. The number of aromatic nitrogens is 1. The predicted molar refractivity (Wildman–Crippen MR) is 128 cm³/mol. The normalized spacial score (nSPS) is 12.7. The van der Waals surface area contributed by atoms with Crippen LogP contribution in [-0.2, 0) is 13.5 Å². The predicted octanol–water partition coefficient (Wildman–Crippen LogP) is 6.48. The van der Waals surface area contributed by atoms with Crippen molar-refractivity contribution in [2.75, 3.05) is 0 Å². The SMILES string of the molecule is Cc1cc(OC2=Nc3cc(-c4ccc5c(ccn5C)c4)c(Cl)cc3C2)cc(C(=O)O)c1C. The minimum Gasteiger partial charge on any atom is -0.478 e. The fourth-order valence-corrected chi connectivity index (χ4v) is 4.45. The lowest BCUT2D eigenvalue weighted by Crippen LogP contribution is -2.10. The Morgan fingerprint density at radius 3 is 2.72 bits per heavy atom. The van der Waals surface area contributed by atoms with E-state index in [-0.39, 0.29) is 5.56 Å². The number of hydrogen-bond donors (Lipinski definition) is 1. The highest BCUT2D eigenvalue weighted by Crippen LogP contribution is 2.38. The molecule has 1 aromatic heterocycles. The second-order valence-corrected chi connectivity index (χ2v) is 8.57. The van der Waals surface area contributed by atoms with Crippen molar-refractivity contribution < 1.29 is 14.6 Å². The number of nitrogens with zero attached hydrogens (tertiary/aromatic N) is 2. The summed E-state index contributed by atoms with van der Waals surface area (Å²) in [5.41, 5.74) is 6.73. The van der Waals surface area contributed by atoms with Crippen LogP contribution in [0.4, 0.5) is 5.69 Å². The van der Waals surface area contributed by atoms with Gasteiger partial charge in [-0.25, -0.2) is 9.79 Å². The highest BCUT2D eigenvalue weighted by molar-refractivity contribution is 6.33. The summed E-state index contributed by atoms with van der Waals surface area (Å²) in [7, 11) is 2.02. The number of halogens is 1. The van der Waals surface area contributed by atoms with Gasteiger partial charge in [0.1, 0.15) is 5.75 Å². The standard InChI is InChI=1S/C26H21ClN2O3/c1-14-8-19(12-20(15(14)2)26(30)31)32-25-11-18-10-22(27)21(13-23(18)28-25)16-4-5-24-17(9-16)6-7-29(24)3/h4-10,12-13H,11H2,1-3H3,(H,30,31). The highest BCUT2D eigenvalue weighted by atomic mass is 35.5. The maximum Gasteiger partial charge on any atom is 0.336 e. The zero-order chi connectivity index (χ0) is 22.6. The summed E-state index contributed by atoms with van der Waals surface area (Å²) >= 11 is 6.64. The second-order valence-electron chi connectivity index (χ2n) is 8.16. The van der Waals surface area contributed by atoms with Gasteiger partial charge in [-0.05, 0) is 78.6 Å². The van der Waals surface area contributed by atoms with Gasteiger partial charge in [-0.15, -0.1) is 0 Å². The van der Waals surface area contributed by atoms with Crippen molar-refractivity contribution in [2.24, 2.45) is 12.0 Å². The molecule has 0 saturated heterocycles. The number of hydrogen-bond acceptors (Lipinski definition) is 3. The molecule has 6 heteroatoms. The minimum atomic E-state index is -0.973. The average Bonchev–Trinajstić information content (AvgIpc) is 3.31. The van der Waals surface area contributed by atoms with Gasteiger partial charge < -0.3 is 14.4 Å². The van der Waals surface area contributed by atoms with Crippen LogP contribution in [0, 0.1) is 13.8 Å². The van der Waals surface area contributed by atoms with Gasteiger partial charge in [-0.1, -0.05) is 17.7 Å². The van der Waals surface area contributed by atoms with Crippen LogP contribution in [0.3, 0.4) is 0 Å². The summed E-state index contributed by atoms with van der Waals surface area (Å²) in [4.78, 5) is 16.2. The number of aliphatic imine (C=N–C) groups is 1. The first-order valence-electron chi connectivity index (χ1n) is 10.3. The van der Waals surface area contributed by atoms with Crippen LogP contribution in [-0.4, -0.2) is 21.5 Å². The van der Waals surface area contributed by atoms with Gasteiger partial charge in [-0.3, -0.25) is 0 Å². The molecule has 1 aliphatic heterocycles. The van der Waals surface area contributed by atoms with E-state index in [9.17, 15) is 9.90 Å². The molecule has 0 spiro atoms. The Hall–Kier alpha value is -3.57. The van der Waals surface area contributed by atoms with Crippen LogP contribution in [0.5, 0.6) is 5.75 Å². The number of carboxylic acid groups (broad SMARTS) is 1. The Morgan fingerprint density at radius 2 is 1.94 bits per heavy atom. The number of fused-ring (bicyclic) bond motifs is 2. The van der Waals surface area contributed by atoms with Gasteiger partial charge in [0.25, 0.3) is 0 Å². The summed E-state index contributed by atoms with van der Waals surface area (Å²) in [5, 5.41) is 11.3. The van der Waals surface area contributed by atoms with Crippen molar-refractivity contribution in [3.63, 3.8) is 0 Å². The zero-order valence-corrected chi connectivity index (χ0v) is 18.7. The molecular formula is C26H21ClN2O3. The Morgan fingerprint density at radius 1 is 1.12 bits per heavy atom. The maximum atomic E-state index is 11.5. The first-order valence-corrected chi connectivity index (χ1v) is 10.7. The summed E-state index contributed by atoms with van der Waals surface area (Å²) in [6.45, 7) is 3.66. The second kappa shape index (κ2) is 7.53. The highest BCUT2D eigenvalue weighted by Gasteiger charge is 2.21. The zero-order valence-electron chi connectivity index (χ0n) is 17.9. The molecule has 0 fully saturated rings. The molecule has 0 unspecified atom stereocenters. The molecule has 32 heavy (non-hydrogen) atoms. The van der Waals surface area contributed by atoms with E-state index in [1.807, 2.05) is 38.4 Å². The van der Waals surface area contributed by atoms with E-state index in [0.29, 0.717) is 23.1 Å². The van der Waals surface area contributed by atoms with E-state index in [4.69, 9.17) is 16.3 Å². The topological polar surface area (TPSA) is 63.8 Å². The van der Waals surface area contributed by atoms with Crippen LogP contribution in [0.2, 0.25) is 5.02 Å². The van der Waals surface area contributed by atoms with Gasteiger partial charge in [0.05, 0.1) is 17.7 Å². The summed E-state index contributed by atoms with van der Waals surface area (Å²) in [6.07, 6.45) is 2.54. The molecular weight excluding hydrogens is 424 g/mol. The number of ether oxygens (including phenoxy) is 1. The lowest BCUT2D eigenvalue weighted by atomic mass is 10.0. The Bertz CT molecular complexity index is 1450. The van der Waals surface area contributed by atoms with Crippen LogP contribution in [0.25, 0.3) is 22.0 Å². The van der Waals surface area contributed by atoms with Crippen LogP contribution in [0.15, 0.2) is 59.7 Å². The number of benzene rings is 3. The van der Waals surface area contributed by atoms with Gasteiger partial charge in [0, 0.05) is 34.7 Å². The quantitative estimate of drug-likeness (QED) is 0.393. The summed E-state index contributed by atoms with van der Waals surface area (Å²) in [6, 6.07) is 15.7. The number of rotatable bonds is 3. The third-order valence-corrected chi connectivity index (χ3v) is 6.37. The number of aryl methyl sites for hydroxylation is 2. The van der Waals surface area contributed by atoms with Crippen molar-refractivity contribution in [3.8, 4) is 16.9 Å². The van der Waals surface area contributed by atoms with Crippen molar-refractivity contribution >= 4 is 40.1 Å². The smallest absolute Gasteiger partial charge is 0.336 e. The molecule has 160 valence electrons. The van der Waals surface area contributed by atoms with Gasteiger partial charge in [0.2, 0.25) is 0 Å². The van der Waals surface area contributed by atoms with Crippen LogP contribution < -0.4 is 4.74 Å². The van der Waals surface area contributed by atoms with Crippen LogP contribution >= 0.6 is 11.6 Å². The molecule has 0 atom stereocenters. The van der Waals surface area contributed by atoms with E-state index >= 15 is 0 Å². The molecule has 2 heterocycles. The largest absolute Gasteiger partial charge is 0.478 e. The first-order chi connectivity index (χ1) is 15.3. The lowest BCUT2D eigenvalue weighted by molar-refractivity contribution is 0.0695. The minimum absolute atomic E-state index is 0.234. The average molecular weight is 445 g/mol. The summed E-state index contributed by atoms with van der Waals surface area (Å²) in [5.74, 6) is 0.0173. The van der Waals surface area contributed by atoms with Crippen molar-refractivity contribution in [2.45, 2.75) is 20.3 Å². The van der Waals surface area contributed by atoms with Crippen molar-refractivity contribution in [3.05, 3.63) is 82.0 Å². The van der Waals surface area contributed by atoms with E-state index in [1.54, 1.807) is 13.0 Å². The Labute approximate surface area is 190 Å². The Balaban J connectivity index is 1.48. The fourth-order valence-electron chi connectivity index (χ4n) is 4.16. The Kier molecular flexibility index (Phi) is 4.79. The molecule has 5 rings (SSSR count). The molecule has 4 aromatic rings. The summed E-state index contributed by atoms with van der Waals surface area (Å²) < 4.78 is 8.05. The number of aromatic carboxylic acids is 1. The van der Waals surface area contributed by atoms with E-state index in [2.05, 4.69) is 33.8 Å². The fraction of sp³-hybridized carbons (Fsp3) is 0.154. The molecule has 0 amide bonds. The van der Waals surface area contributed by atoms with E-state index in [1.165, 1.54) is 0 Å². The van der Waals surface area contributed by atoms with Crippen molar-refractivity contribution in [1.82, 2.24) is 4.57 Å². The third kappa shape index (κ3) is 3.45. The molecule has 1 N–H and O–H groups in total. The van der Waals surface area contributed by atoms with Gasteiger partial charge >= 0.3 is 5.97 Å². The first kappa shape index (κ1) is 20.3. The third-order valence-electron chi connectivity index (χ3n) is 6.06. The monoisotopic (exact) mass is 444 g/mol. The molecule has 1 aliphatic rings. The molecule has 3 aromatic carbocycles. The van der Waals surface area contributed by atoms with E-state index < -0.39 is 5.97 Å². The molecule has 0 aliphatic carbocycles.